The summed E-state index contributed by atoms with van der Waals surface area (Å²) in [5, 5.41) is 26.8. The van der Waals surface area contributed by atoms with Gasteiger partial charge in [-0.05, 0) is 118 Å². The fourth-order valence-corrected chi connectivity index (χ4v) is 8.92. The molecule has 0 unspecified atom stereocenters. The largest absolute Gasteiger partial charge is 0.492 e. The van der Waals surface area contributed by atoms with E-state index in [1.165, 1.54) is 67.0 Å². The SMILES string of the molecule is CCOc1cc(F)ccc1N1CCNCC1.Nc1ccncc1.O=C(O)c1ccc2c(c1)C(=O)N(c1ccncc1)C2=O.O=C(O)c1ccc2c(c1)C(=O)OC2=O.[B]C(=O)NCCCBr.[B]C(=O)NCCCN1CCN(c2ccc(F)cc2OCC)CC1. The van der Waals surface area contributed by atoms with Gasteiger partial charge in [-0.15, -0.1) is 0 Å². The maximum Gasteiger partial charge on any atom is 0.346 e. The van der Waals surface area contributed by atoms with E-state index in [4.69, 9.17) is 41.1 Å². The van der Waals surface area contributed by atoms with E-state index in [0.717, 1.165) is 105 Å². The number of carbonyl (C=O) groups excluding carboxylic acids is 6. The second kappa shape index (κ2) is 36.0. The van der Waals surface area contributed by atoms with Crippen molar-refractivity contribution in [3.8, 4) is 11.5 Å². The van der Waals surface area contributed by atoms with Crippen molar-refractivity contribution in [2.24, 2.45) is 0 Å². The Labute approximate surface area is 517 Å². The summed E-state index contributed by atoms with van der Waals surface area (Å²) in [6.45, 7) is 14.5. The minimum atomic E-state index is -1.15. The van der Waals surface area contributed by atoms with Crippen LogP contribution in [0.1, 0.15) is 88.8 Å². The number of aromatic nitrogens is 2. The minimum absolute atomic E-state index is 0.00917. The summed E-state index contributed by atoms with van der Waals surface area (Å²) in [7, 11) is 9.80. The lowest BCUT2D eigenvalue weighted by Gasteiger charge is -2.36. The standard InChI is InChI=1S/C16H23BFN3O2.C14H8N2O4.C12H17FN2O.C9H4O5.C5H6N2.C4H7BBrNO/c1-2-23-15-12-13(18)4-5-14(15)21-10-8-20(9-11-21)7-3-6-19-16(17)22;17-12-10-2-1-8(14(19)20)7-11(10)13(18)16(12)9-3-5-15-6-4-9;1-2-16-12-9-10(13)3-4-11(12)15-7-5-14-6-8-15;10-7(11)4-1-2-5-6(3-4)9(13)14-8(5)12;6-5-1-3-7-4-2-5;5-4(8)7-3-1-2-6/h4-5,12H,2-3,6-11H2,1H3,(H,19,22);1-7H,(H,19,20);3-4,9,14H,2,5-8H2,1H3;1-3H,(H,10,11);1-4H,(H2,6,7);1-3H2,(H,7,8). The van der Waals surface area contributed by atoms with Crippen LogP contribution in [0.5, 0.6) is 11.5 Å². The summed E-state index contributed by atoms with van der Waals surface area (Å²) in [4.78, 5) is 104. The van der Waals surface area contributed by atoms with Gasteiger partial charge in [0, 0.05) is 113 Å². The third kappa shape index (κ3) is 21.6. The number of imide groups is 1. The van der Waals surface area contributed by atoms with Crippen molar-refractivity contribution in [1.82, 2.24) is 30.8 Å². The van der Waals surface area contributed by atoms with Crippen LogP contribution in [0.15, 0.2) is 122 Å². The van der Waals surface area contributed by atoms with Gasteiger partial charge in [-0.3, -0.25) is 34.0 Å². The van der Waals surface area contributed by atoms with Gasteiger partial charge in [0.25, 0.3) is 11.8 Å². The third-order valence-electron chi connectivity index (χ3n) is 12.8. The molecule has 2 fully saturated rings. The van der Waals surface area contributed by atoms with Gasteiger partial charge in [-0.25, -0.2) is 32.9 Å². The summed E-state index contributed by atoms with van der Waals surface area (Å²) in [5.74, 6) is -5.03. The third-order valence-corrected chi connectivity index (χ3v) is 13.4. The normalized spacial score (nSPS) is 13.7. The van der Waals surface area contributed by atoms with Crippen LogP contribution in [0.2, 0.25) is 0 Å². The molecule has 28 heteroatoms. The number of cyclic esters (lactones) is 2. The maximum atomic E-state index is 13.4. The zero-order chi connectivity index (χ0) is 64.1. The smallest absolute Gasteiger partial charge is 0.346 e. The second-order valence-corrected chi connectivity index (χ2v) is 19.7. The Morgan fingerprint density at radius 1 is 0.625 bits per heavy atom. The van der Waals surface area contributed by atoms with E-state index in [1.54, 1.807) is 48.8 Å². The highest BCUT2D eigenvalue weighted by Crippen LogP contribution is 2.32. The number of nitrogens with zero attached hydrogens (tertiary/aromatic N) is 6. The number of anilines is 4. The van der Waals surface area contributed by atoms with E-state index in [-0.39, 0.29) is 45.0 Å². The molecule has 0 bridgehead atoms. The summed E-state index contributed by atoms with van der Waals surface area (Å²) in [5.41, 5.74) is 8.78. The minimum Gasteiger partial charge on any atom is -0.492 e. The molecule has 88 heavy (non-hydrogen) atoms. The number of aromatic carboxylic acids is 2. The number of halogens is 3. The van der Waals surface area contributed by atoms with E-state index in [0.29, 0.717) is 43.5 Å². The quantitative estimate of drug-likeness (QED) is 0.0144. The highest BCUT2D eigenvalue weighted by molar-refractivity contribution is 9.09. The number of hydrogen-bond donors (Lipinski definition) is 6. The maximum absolute atomic E-state index is 13.4. The molecule has 460 valence electrons. The predicted octanol–water partition coefficient (Wildman–Crippen LogP) is 6.84. The Hall–Kier alpha value is -9.27. The fourth-order valence-electron chi connectivity index (χ4n) is 8.63. The zero-order valence-corrected chi connectivity index (χ0v) is 49.9. The number of carboxylic acids is 2. The van der Waals surface area contributed by atoms with E-state index in [1.807, 2.05) is 13.8 Å². The van der Waals surface area contributed by atoms with Crippen LogP contribution in [-0.2, 0) is 4.74 Å². The number of ether oxygens (including phenoxy) is 3. The van der Waals surface area contributed by atoms with Crippen LogP contribution < -0.4 is 45.9 Å². The molecule has 0 saturated carbocycles. The molecule has 4 amide bonds. The number of esters is 2. The van der Waals surface area contributed by atoms with Crippen molar-refractivity contribution in [1.29, 1.82) is 0 Å². The Balaban J connectivity index is 0.000000200. The first-order valence-corrected chi connectivity index (χ1v) is 28.7. The number of nitrogen functional groups attached to an aromatic ring is 1. The van der Waals surface area contributed by atoms with Crippen molar-refractivity contribution < 1.29 is 71.6 Å². The highest BCUT2D eigenvalue weighted by Gasteiger charge is 2.37. The van der Waals surface area contributed by atoms with Gasteiger partial charge in [0.05, 0.1) is 63.7 Å². The first kappa shape index (κ1) is 69.5. The number of nitrogens with one attached hydrogen (secondary N) is 3. The van der Waals surface area contributed by atoms with Crippen molar-refractivity contribution in [3.05, 3.63) is 167 Å². The van der Waals surface area contributed by atoms with Crippen LogP contribution in [0.4, 0.5) is 41.1 Å². The van der Waals surface area contributed by atoms with Gasteiger partial charge in [0.1, 0.15) is 23.1 Å². The summed E-state index contributed by atoms with van der Waals surface area (Å²) < 4.78 is 41.8. The van der Waals surface area contributed by atoms with E-state index >= 15 is 0 Å². The number of piperazine rings is 2. The molecular formula is C60H65B2BrF2N10O13. The molecule has 6 heterocycles. The molecule has 4 radical (unpaired) electrons. The number of alkyl halides is 1. The molecule has 6 aromatic rings. The van der Waals surface area contributed by atoms with Crippen molar-refractivity contribution in [2.45, 2.75) is 26.7 Å². The van der Waals surface area contributed by atoms with Gasteiger partial charge in [-0.2, -0.15) is 0 Å². The Morgan fingerprint density at radius 3 is 1.57 bits per heavy atom. The predicted molar refractivity (Wildman–Crippen MR) is 331 cm³/mol. The molecule has 0 aliphatic carbocycles. The second-order valence-electron chi connectivity index (χ2n) is 18.9. The van der Waals surface area contributed by atoms with E-state index in [9.17, 15) is 47.1 Å². The molecule has 0 atom stereocenters. The average molecular weight is 1270 g/mol. The van der Waals surface area contributed by atoms with E-state index in [2.05, 4.69) is 61.3 Å². The molecule has 4 aromatic carbocycles. The number of nitrogens with two attached hydrogens (primary N) is 1. The molecule has 2 saturated heterocycles. The Morgan fingerprint density at radius 2 is 1.09 bits per heavy atom. The lowest BCUT2D eigenvalue weighted by Crippen LogP contribution is -2.47. The molecule has 4 aliphatic rings. The lowest BCUT2D eigenvalue weighted by molar-refractivity contribution is 0.0442. The molecule has 7 N–H and O–H groups in total. The molecule has 0 spiro atoms. The first-order chi connectivity index (χ1) is 42.3. The van der Waals surface area contributed by atoms with E-state index < -0.39 is 47.3 Å². The summed E-state index contributed by atoms with van der Waals surface area (Å²) >= 11 is 3.21. The number of rotatable bonds is 16. The molecule has 10 rings (SSSR count). The number of carbonyl (C=O) groups is 8. The van der Waals surface area contributed by atoms with Gasteiger partial charge in [0.15, 0.2) is 27.3 Å². The van der Waals surface area contributed by atoms with Crippen LogP contribution in [-0.4, -0.2) is 179 Å². The summed E-state index contributed by atoms with van der Waals surface area (Å²) in [6.07, 6.45) is 8.07. The van der Waals surface area contributed by atoms with Crippen LogP contribution >= 0.6 is 15.9 Å². The first-order valence-electron chi connectivity index (χ1n) is 27.6. The van der Waals surface area contributed by atoms with Crippen molar-refractivity contribution in [2.75, 3.05) is 111 Å². The van der Waals surface area contributed by atoms with Gasteiger partial charge >= 0.3 is 23.9 Å². The molecule has 4 aliphatic heterocycles. The zero-order valence-electron chi connectivity index (χ0n) is 48.3. The highest BCUT2D eigenvalue weighted by atomic mass is 79.9. The molecule has 2 aromatic heterocycles. The molecular weight excluding hydrogens is 1210 g/mol. The Bertz CT molecular complexity index is 3350. The van der Waals surface area contributed by atoms with Crippen molar-refractivity contribution >= 4 is 102 Å². The van der Waals surface area contributed by atoms with Gasteiger partial charge in [-0.1, -0.05) is 15.9 Å². The number of carboxylic acid groups (broad SMARTS) is 2. The topological polar surface area (TPSA) is 306 Å². The van der Waals surface area contributed by atoms with Crippen LogP contribution in [0, 0.1) is 11.6 Å². The number of amides is 4. The average Bonchev–Trinajstić information content (AvgIpc) is 1.83. The fraction of sp³-hybridized carbons (Fsp3) is 0.300. The number of pyridine rings is 2. The lowest BCUT2D eigenvalue weighted by atomic mass is 10.1. The van der Waals surface area contributed by atoms with Gasteiger partial charge in [0.2, 0.25) is 0 Å². The monoisotopic (exact) mass is 1270 g/mol. The van der Waals surface area contributed by atoms with Crippen LogP contribution in [0.3, 0.4) is 0 Å². The Kier molecular flexibility index (Phi) is 28.4. The number of benzene rings is 4. The van der Waals surface area contributed by atoms with Crippen LogP contribution in [0.25, 0.3) is 0 Å². The number of fused-ring (bicyclic) bond motifs is 2. The number of hydrogen-bond acceptors (Lipinski definition) is 18. The van der Waals surface area contributed by atoms with Crippen molar-refractivity contribution in [3.63, 3.8) is 0 Å². The molecule has 23 nitrogen and oxygen atoms in total. The van der Waals surface area contributed by atoms with Gasteiger partial charge < -0.3 is 55.9 Å². The summed E-state index contributed by atoms with van der Waals surface area (Å²) in [6, 6.07) is 23.6.